The summed E-state index contributed by atoms with van der Waals surface area (Å²) in [6.07, 6.45) is 1.91. The van der Waals surface area contributed by atoms with Gasteiger partial charge in [0, 0.05) is 19.1 Å². The Balaban J connectivity index is 1.71. The molecule has 1 saturated heterocycles. The van der Waals surface area contributed by atoms with Gasteiger partial charge in [-0.3, -0.25) is 9.69 Å². The summed E-state index contributed by atoms with van der Waals surface area (Å²) >= 11 is 0. The number of piperidine rings is 1. The number of hydrogen-bond acceptors (Lipinski definition) is 4. The highest BCUT2D eigenvalue weighted by Gasteiger charge is 2.28. The third-order valence-electron chi connectivity index (χ3n) is 4.41. The molecule has 0 radical (unpaired) electrons. The van der Waals surface area contributed by atoms with Gasteiger partial charge in [0.2, 0.25) is 5.91 Å². The van der Waals surface area contributed by atoms with Crippen molar-refractivity contribution in [3.63, 3.8) is 0 Å². The first-order chi connectivity index (χ1) is 10.1. The van der Waals surface area contributed by atoms with Gasteiger partial charge < -0.3 is 15.2 Å². The largest absolute Gasteiger partial charge is 0.486 e. The molecular formula is C16H22N2O3. The summed E-state index contributed by atoms with van der Waals surface area (Å²) in [7, 11) is 0. The molecule has 2 aliphatic rings. The Kier molecular flexibility index (Phi) is 4.01. The molecule has 1 amide bonds. The van der Waals surface area contributed by atoms with Crippen molar-refractivity contribution in [3.8, 4) is 11.5 Å². The van der Waals surface area contributed by atoms with E-state index in [1.54, 1.807) is 0 Å². The standard InChI is InChI=1S/C16H22N2O3/c1-11-2-4-13(16(17)19)10-18(11)9-12-3-5-14-15(8-12)21-7-6-20-14/h3,5,8,11,13H,2,4,6-7,9-10H2,1H3,(H2,17,19). The molecule has 2 unspecified atom stereocenters. The number of likely N-dealkylation sites (tertiary alicyclic amines) is 1. The minimum absolute atomic E-state index is 0.0292. The van der Waals surface area contributed by atoms with Crippen LogP contribution in [-0.4, -0.2) is 36.6 Å². The number of carbonyl (C=O) groups excluding carboxylic acids is 1. The zero-order valence-corrected chi connectivity index (χ0v) is 12.4. The first-order valence-corrected chi connectivity index (χ1v) is 7.55. The number of benzene rings is 1. The van der Waals surface area contributed by atoms with Gasteiger partial charge in [0.15, 0.2) is 11.5 Å². The molecule has 3 rings (SSSR count). The van der Waals surface area contributed by atoms with Crippen LogP contribution in [0.1, 0.15) is 25.3 Å². The molecule has 21 heavy (non-hydrogen) atoms. The van der Waals surface area contributed by atoms with E-state index >= 15 is 0 Å². The van der Waals surface area contributed by atoms with E-state index in [1.165, 1.54) is 5.56 Å². The second-order valence-electron chi connectivity index (χ2n) is 5.93. The Morgan fingerprint density at radius 3 is 2.81 bits per heavy atom. The van der Waals surface area contributed by atoms with Crippen molar-refractivity contribution in [2.24, 2.45) is 11.7 Å². The maximum Gasteiger partial charge on any atom is 0.221 e. The van der Waals surface area contributed by atoms with Crippen LogP contribution in [-0.2, 0) is 11.3 Å². The Labute approximate surface area is 125 Å². The van der Waals surface area contributed by atoms with Crippen LogP contribution in [0, 0.1) is 5.92 Å². The molecule has 1 aromatic carbocycles. The predicted molar refractivity (Wildman–Crippen MR) is 79.2 cm³/mol. The Morgan fingerprint density at radius 2 is 2.05 bits per heavy atom. The SMILES string of the molecule is CC1CCC(C(N)=O)CN1Cc1ccc2c(c1)OCCO2. The molecule has 114 valence electrons. The molecule has 0 aromatic heterocycles. The van der Waals surface area contributed by atoms with Crippen molar-refractivity contribution < 1.29 is 14.3 Å². The van der Waals surface area contributed by atoms with Crippen LogP contribution < -0.4 is 15.2 Å². The number of primary amides is 1. The fourth-order valence-corrected chi connectivity index (χ4v) is 3.05. The predicted octanol–water partition coefficient (Wildman–Crippen LogP) is 1.54. The summed E-state index contributed by atoms with van der Waals surface area (Å²) in [5, 5.41) is 0. The molecule has 0 saturated carbocycles. The first kappa shape index (κ1) is 14.2. The van der Waals surface area contributed by atoms with Crippen LogP contribution >= 0.6 is 0 Å². The van der Waals surface area contributed by atoms with Crippen LogP contribution in [0.5, 0.6) is 11.5 Å². The molecule has 1 fully saturated rings. The maximum absolute atomic E-state index is 11.4. The van der Waals surface area contributed by atoms with Crippen LogP contribution in [0.3, 0.4) is 0 Å². The Hall–Kier alpha value is -1.75. The molecule has 2 N–H and O–H groups in total. The Morgan fingerprint density at radius 1 is 1.29 bits per heavy atom. The highest BCUT2D eigenvalue weighted by atomic mass is 16.6. The fourth-order valence-electron chi connectivity index (χ4n) is 3.05. The number of carbonyl (C=O) groups is 1. The van der Waals surface area contributed by atoms with Gasteiger partial charge >= 0.3 is 0 Å². The van der Waals surface area contributed by atoms with E-state index in [9.17, 15) is 4.79 Å². The van der Waals surface area contributed by atoms with Crippen LogP contribution in [0.2, 0.25) is 0 Å². The van der Waals surface area contributed by atoms with Crippen molar-refractivity contribution in [2.45, 2.75) is 32.4 Å². The van der Waals surface area contributed by atoms with Gasteiger partial charge in [-0.1, -0.05) is 6.07 Å². The number of amides is 1. The monoisotopic (exact) mass is 290 g/mol. The molecule has 5 heteroatoms. The van der Waals surface area contributed by atoms with Crippen molar-refractivity contribution in [1.82, 2.24) is 4.90 Å². The smallest absolute Gasteiger partial charge is 0.221 e. The fraction of sp³-hybridized carbons (Fsp3) is 0.562. The molecule has 5 nitrogen and oxygen atoms in total. The van der Waals surface area contributed by atoms with Crippen molar-refractivity contribution in [3.05, 3.63) is 23.8 Å². The Bertz CT molecular complexity index is 532. The van der Waals surface area contributed by atoms with Gasteiger partial charge in [-0.15, -0.1) is 0 Å². The molecule has 0 bridgehead atoms. The number of hydrogen-bond donors (Lipinski definition) is 1. The van der Waals surface area contributed by atoms with E-state index in [2.05, 4.69) is 17.9 Å². The zero-order chi connectivity index (χ0) is 14.8. The summed E-state index contributed by atoms with van der Waals surface area (Å²) < 4.78 is 11.2. The lowest BCUT2D eigenvalue weighted by molar-refractivity contribution is -0.124. The minimum atomic E-state index is -0.186. The zero-order valence-electron chi connectivity index (χ0n) is 12.4. The maximum atomic E-state index is 11.4. The van der Waals surface area contributed by atoms with Crippen LogP contribution in [0.25, 0.3) is 0 Å². The third kappa shape index (κ3) is 3.13. The normalized spacial score (nSPS) is 25.6. The molecule has 1 aromatic rings. The van der Waals surface area contributed by atoms with E-state index in [0.29, 0.717) is 19.3 Å². The number of nitrogens with zero attached hydrogens (tertiary/aromatic N) is 1. The van der Waals surface area contributed by atoms with Crippen molar-refractivity contribution in [1.29, 1.82) is 0 Å². The molecule has 2 heterocycles. The van der Waals surface area contributed by atoms with Gasteiger partial charge in [-0.25, -0.2) is 0 Å². The van der Waals surface area contributed by atoms with Crippen molar-refractivity contribution in [2.75, 3.05) is 19.8 Å². The highest BCUT2D eigenvalue weighted by Crippen LogP contribution is 2.32. The summed E-state index contributed by atoms with van der Waals surface area (Å²) in [6.45, 7) is 4.96. The lowest BCUT2D eigenvalue weighted by atomic mass is 9.92. The molecule has 0 aliphatic carbocycles. The third-order valence-corrected chi connectivity index (χ3v) is 4.41. The van der Waals surface area contributed by atoms with Gasteiger partial charge in [-0.2, -0.15) is 0 Å². The lowest BCUT2D eigenvalue weighted by Gasteiger charge is -2.37. The topological polar surface area (TPSA) is 64.8 Å². The van der Waals surface area contributed by atoms with E-state index in [1.807, 2.05) is 12.1 Å². The lowest BCUT2D eigenvalue weighted by Crippen LogP contribution is -2.45. The highest BCUT2D eigenvalue weighted by molar-refractivity contribution is 5.77. The van der Waals surface area contributed by atoms with Gasteiger partial charge in [-0.05, 0) is 37.5 Å². The first-order valence-electron chi connectivity index (χ1n) is 7.55. The average Bonchev–Trinajstić information content (AvgIpc) is 2.49. The molecule has 0 spiro atoms. The van der Waals surface area contributed by atoms with Crippen LogP contribution in [0.15, 0.2) is 18.2 Å². The number of rotatable bonds is 3. The summed E-state index contributed by atoms with van der Waals surface area (Å²) in [5.41, 5.74) is 6.63. The second kappa shape index (κ2) is 5.93. The second-order valence-corrected chi connectivity index (χ2v) is 5.93. The molecular weight excluding hydrogens is 268 g/mol. The number of ether oxygens (including phenoxy) is 2. The number of nitrogens with two attached hydrogens (primary N) is 1. The summed E-state index contributed by atoms with van der Waals surface area (Å²) in [4.78, 5) is 13.7. The average molecular weight is 290 g/mol. The van der Waals surface area contributed by atoms with E-state index in [4.69, 9.17) is 15.2 Å². The minimum Gasteiger partial charge on any atom is -0.486 e. The van der Waals surface area contributed by atoms with Gasteiger partial charge in [0.1, 0.15) is 13.2 Å². The van der Waals surface area contributed by atoms with Gasteiger partial charge in [0.05, 0.1) is 5.92 Å². The molecule has 2 atom stereocenters. The van der Waals surface area contributed by atoms with Crippen molar-refractivity contribution >= 4 is 5.91 Å². The quantitative estimate of drug-likeness (QED) is 0.917. The van der Waals surface area contributed by atoms with E-state index < -0.39 is 0 Å². The van der Waals surface area contributed by atoms with E-state index in [0.717, 1.165) is 37.4 Å². The van der Waals surface area contributed by atoms with Crippen LogP contribution in [0.4, 0.5) is 0 Å². The van der Waals surface area contributed by atoms with E-state index in [-0.39, 0.29) is 11.8 Å². The molecule has 2 aliphatic heterocycles. The summed E-state index contributed by atoms with van der Waals surface area (Å²) in [6, 6.07) is 6.53. The summed E-state index contributed by atoms with van der Waals surface area (Å²) in [5.74, 6) is 1.41. The van der Waals surface area contributed by atoms with Gasteiger partial charge in [0.25, 0.3) is 0 Å². The number of fused-ring (bicyclic) bond motifs is 1.